The van der Waals surface area contributed by atoms with E-state index in [1.54, 1.807) is 31.1 Å². The fraction of sp³-hybridized carbons (Fsp3) is 0.640. The van der Waals surface area contributed by atoms with Crippen molar-refractivity contribution in [1.82, 2.24) is 20.3 Å². The lowest BCUT2D eigenvalue weighted by atomic mass is 9.86. The van der Waals surface area contributed by atoms with Gasteiger partial charge in [0.1, 0.15) is 11.9 Å². The number of hydrogen-bond acceptors (Lipinski definition) is 7. The summed E-state index contributed by atoms with van der Waals surface area (Å²) in [6.45, 7) is 6.87. The largest absolute Gasteiger partial charge is 0.490 e. The van der Waals surface area contributed by atoms with E-state index in [2.05, 4.69) is 20.9 Å². The molecule has 5 atom stereocenters. The molecule has 1 fully saturated rings. The first-order valence-corrected chi connectivity index (χ1v) is 15.7. The molecule has 11 heteroatoms. The fourth-order valence-corrected chi connectivity index (χ4v) is 7.41. The average molecular weight is 520 g/mol. The van der Waals surface area contributed by atoms with E-state index in [9.17, 15) is 4.79 Å². The van der Waals surface area contributed by atoms with E-state index in [1.807, 2.05) is 25.1 Å². The van der Waals surface area contributed by atoms with Crippen LogP contribution in [0.15, 0.2) is 24.4 Å². The zero-order valence-electron chi connectivity index (χ0n) is 21.5. The molecular formula is C25H38FN5O4Si. The van der Waals surface area contributed by atoms with Crippen LogP contribution >= 0.6 is 0 Å². The number of aliphatic hydroxyl groups excluding tert-OH is 1. The van der Waals surface area contributed by atoms with E-state index in [0.29, 0.717) is 36.5 Å². The molecule has 0 radical (unpaired) electrons. The number of rotatable bonds is 10. The molecule has 1 amide bonds. The van der Waals surface area contributed by atoms with Crippen LogP contribution in [0.25, 0.3) is 0 Å². The number of aryl methyl sites for hydroxylation is 1. The summed E-state index contributed by atoms with van der Waals surface area (Å²) in [6.07, 6.45) is 3.98. The fourth-order valence-electron chi connectivity index (χ4n) is 5.44. The molecule has 2 aliphatic rings. The molecule has 0 spiro atoms. The SMILES string of the molecule is CO[C@H]1c2cc(NC(=O)[C@H]3CCCN3)ccc2O[C@@H](C(CCn2cc(CCO)nn2)[Si](C)(C)F)[C@@H]1C. The van der Waals surface area contributed by atoms with Gasteiger partial charge in [0.25, 0.3) is 0 Å². The second-order valence-corrected chi connectivity index (χ2v) is 14.3. The third-order valence-corrected chi connectivity index (χ3v) is 9.76. The smallest absolute Gasteiger partial charge is 0.247 e. The van der Waals surface area contributed by atoms with Crippen LogP contribution < -0.4 is 15.4 Å². The Morgan fingerprint density at radius 2 is 2.25 bits per heavy atom. The van der Waals surface area contributed by atoms with Crippen molar-refractivity contribution in [2.45, 2.75) is 76.0 Å². The molecule has 0 aliphatic carbocycles. The Bertz CT molecular complexity index is 1040. The Labute approximate surface area is 212 Å². The van der Waals surface area contributed by atoms with Gasteiger partial charge in [-0.05, 0) is 57.1 Å². The van der Waals surface area contributed by atoms with Crippen molar-refractivity contribution >= 4 is 20.0 Å². The number of methoxy groups -OCH3 is 1. The zero-order valence-corrected chi connectivity index (χ0v) is 22.5. The molecule has 1 aromatic heterocycles. The number of anilines is 1. The predicted octanol–water partition coefficient (Wildman–Crippen LogP) is 3.22. The Hall–Kier alpha value is -2.34. The Kier molecular flexibility index (Phi) is 8.43. The van der Waals surface area contributed by atoms with E-state index < -0.39 is 8.41 Å². The van der Waals surface area contributed by atoms with Crippen molar-refractivity contribution in [3.63, 3.8) is 0 Å². The summed E-state index contributed by atoms with van der Waals surface area (Å²) in [5, 5.41) is 23.5. The first-order chi connectivity index (χ1) is 17.2. The number of carbonyl (C=O) groups excluding carboxylic acids is 1. The van der Waals surface area contributed by atoms with Crippen molar-refractivity contribution < 1.29 is 23.5 Å². The van der Waals surface area contributed by atoms with Crippen LogP contribution in [0.4, 0.5) is 9.80 Å². The van der Waals surface area contributed by atoms with Crippen molar-refractivity contribution in [2.75, 3.05) is 25.6 Å². The van der Waals surface area contributed by atoms with Gasteiger partial charge in [-0.3, -0.25) is 9.48 Å². The molecule has 0 saturated carbocycles. The number of ether oxygens (including phenoxy) is 2. The molecule has 1 aromatic carbocycles. The first-order valence-electron chi connectivity index (χ1n) is 12.8. The highest BCUT2D eigenvalue weighted by molar-refractivity contribution is 6.72. The highest BCUT2D eigenvalue weighted by Gasteiger charge is 2.47. The zero-order chi connectivity index (χ0) is 25.9. The number of nitrogens with zero attached hydrogens (tertiary/aromatic N) is 3. The number of halogens is 1. The number of aliphatic hydroxyl groups is 1. The van der Waals surface area contributed by atoms with Gasteiger partial charge >= 0.3 is 0 Å². The standard InChI is InChI=1S/C25H38FN5O4Si/c1-16-23(34-2)19-14-17(28-25(33)20-6-5-11-27-20)7-8-21(19)35-24(16)22(36(3,4)26)9-12-31-15-18(10-13-32)29-30-31/h7-8,14-16,20,22-24,27,32H,5-6,9-13H2,1-4H3,(H,28,33)/t16-,20-,22?,23-,24-/m1/s1. The molecule has 0 bridgehead atoms. The molecule has 36 heavy (non-hydrogen) atoms. The number of carbonyl (C=O) groups is 1. The Balaban J connectivity index is 1.52. The molecule has 4 rings (SSSR count). The van der Waals surface area contributed by atoms with Gasteiger partial charge in [-0.15, -0.1) is 5.10 Å². The van der Waals surface area contributed by atoms with Crippen LogP contribution in [-0.2, 0) is 22.5 Å². The predicted molar refractivity (Wildman–Crippen MR) is 137 cm³/mol. The minimum absolute atomic E-state index is 0.0137. The normalized spacial score (nSPS) is 24.7. The number of aromatic nitrogens is 3. The van der Waals surface area contributed by atoms with Crippen LogP contribution in [-0.4, -0.2) is 66.8 Å². The number of fused-ring (bicyclic) bond motifs is 1. The van der Waals surface area contributed by atoms with Crippen molar-refractivity contribution in [3.05, 3.63) is 35.7 Å². The van der Waals surface area contributed by atoms with E-state index in [4.69, 9.17) is 14.6 Å². The molecule has 1 saturated heterocycles. The van der Waals surface area contributed by atoms with Gasteiger partial charge in [-0.1, -0.05) is 12.1 Å². The van der Waals surface area contributed by atoms with Crippen molar-refractivity contribution in [1.29, 1.82) is 0 Å². The lowest BCUT2D eigenvalue weighted by Crippen LogP contribution is -2.46. The minimum Gasteiger partial charge on any atom is -0.490 e. The Morgan fingerprint density at radius 1 is 1.44 bits per heavy atom. The van der Waals surface area contributed by atoms with Crippen LogP contribution in [0.2, 0.25) is 18.6 Å². The highest BCUT2D eigenvalue weighted by Crippen LogP contribution is 2.48. The topological polar surface area (TPSA) is 111 Å². The van der Waals surface area contributed by atoms with Gasteiger partial charge in [-0.25, -0.2) is 0 Å². The quantitative estimate of drug-likeness (QED) is 0.327. The van der Waals surface area contributed by atoms with Crippen molar-refractivity contribution in [3.8, 4) is 5.75 Å². The van der Waals surface area contributed by atoms with Crippen LogP contribution in [0.1, 0.15) is 43.5 Å². The molecule has 2 aliphatic heterocycles. The minimum atomic E-state index is -3.14. The number of hydrogen-bond donors (Lipinski definition) is 3. The molecule has 9 nitrogen and oxygen atoms in total. The van der Waals surface area contributed by atoms with E-state index in [-0.39, 0.29) is 42.2 Å². The lowest BCUT2D eigenvalue weighted by Gasteiger charge is -2.43. The highest BCUT2D eigenvalue weighted by atomic mass is 28.4. The van der Waals surface area contributed by atoms with E-state index in [1.165, 1.54) is 0 Å². The lowest BCUT2D eigenvalue weighted by molar-refractivity contribution is -0.117. The van der Waals surface area contributed by atoms with E-state index in [0.717, 1.165) is 24.9 Å². The van der Waals surface area contributed by atoms with Gasteiger partial charge in [-0.2, -0.15) is 0 Å². The summed E-state index contributed by atoms with van der Waals surface area (Å²) in [5.41, 5.74) is 1.98. The summed E-state index contributed by atoms with van der Waals surface area (Å²) >= 11 is 0. The first kappa shape index (κ1) is 26.7. The summed E-state index contributed by atoms with van der Waals surface area (Å²) < 4.78 is 29.8. The monoisotopic (exact) mass is 519 g/mol. The maximum atomic E-state index is 15.7. The second-order valence-electron chi connectivity index (χ2n) is 10.4. The summed E-state index contributed by atoms with van der Waals surface area (Å²) in [5.74, 6) is 0.527. The molecule has 198 valence electrons. The maximum absolute atomic E-state index is 15.7. The molecular weight excluding hydrogens is 481 g/mol. The van der Waals surface area contributed by atoms with Gasteiger partial charge in [0.15, 0.2) is 0 Å². The van der Waals surface area contributed by atoms with Gasteiger partial charge < -0.3 is 29.3 Å². The maximum Gasteiger partial charge on any atom is 0.247 e. The molecule has 3 N–H and O–H groups in total. The number of amides is 1. The third kappa shape index (κ3) is 5.96. The second kappa shape index (κ2) is 11.4. The van der Waals surface area contributed by atoms with Crippen LogP contribution in [0, 0.1) is 5.92 Å². The molecule has 3 heterocycles. The summed E-state index contributed by atoms with van der Waals surface area (Å²) in [7, 11) is -1.48. The Morgan fingerprint density at radius 3 is 2.92 bits per heavy atom. The van der Waals surface area contributed by atoms with Crippen molar-refractivity contribution in [2.24, 2.45) is 5.92 Å². The number of benzene rings is 1. The number of nitrogens with one attached hydrogen (secondary N) is 2. The van der Waals surface area contributed by atoms with Crippen LogP contribution in [0.5, 0.6) is 5.75 Å². The van der Waals surface area contributed by atoms with Gasteiger partial charge in [0.2, 0.25) is 14.3 Å². The summed E-state index contributed by atoms with van der Waals surface area (Å²) in [6, 6.07) is 5.42. The third-order valence-electron chi connectivity index (χ3n) is 7.37. The van der Waals surface area contributed by atoms with Crippen LogP contribution in [0.3, 0.4) is 0 Å². The summed E-state index contributed by atoms with van der Waals surface area (Å²) in [4.78, 5) is 12.6. The average Bonchev–Trinajstić information content (AvgIpc) is 3.52. The van der Waals surface area contributed by atoms with Gasteiger partial charge in [0, 0.05) is 55.6 Å². The molecule has 1 unspecified atom stereocenters. The van der Waals surface area contributed by atoms with E-state index >= 15 is 4.11 Å². The molecule has 2 aromatic rings. The van der Waals surface area contributed by atoms with Gasteiger partial charge in [0.05, 0.1) is 17.8 Å².